The second-order valence-electron chi connectivity index (χ2n) is 5.07. The first-order valence-electron chi connectivity index (χ1n) is 5.92. The quantitative estimate of drug-likeness (QED) is 0.924. The average molecular weight is 262 g/mol. The third-order valence-corrected chi connectivity index (χ3v) is 4.17. The van der Waals surface area contributed by atoms with E-state index in [9.17, 15) is 4.79 Å². The van der Waals surface area contributed by atoms with Gasteiger partial charge in [0.25, 0.3) is 0 Å². The van der Waals surface area contributed by atoms with Gasteiger partial charge in [-0.2, -0.15) is 0 Å². The Kier molecular flexibility index (Phi) is 3.41. The van der Waals surface area contributed by atoms with Gasteiger partial charge in [0.15, 0.2) is 0 Å². The van der Waals surface area contributed by atoms with Gasteiger partial charge in [0.05, 0.1) is 11.1 Å². The molecule has 0 saturated carbocycles. The normalized spacial score (nSPS) is 11.8. The van der Waals surface area contributed by atoms with Gasteiger partial charge in [-0.25, -0.2) is 0 Å². The molecule has 3 nitrogen and oxygen atoms in total. The first-order chi connectivity index (χ1) is 8.47. The molecule has 1 amide bonds. The number of hydrogen-bond donors (Lipinski definition) is 1. The molecule has 0 spiro atoms. The highest BCUT2D eigenvalue weighted by Crippen LogP contribution is 2.33. The second-order valence-corrected chi connectivity index (χ2v) is 5.98. The summed E-state index contributed by atoms with van der Waals surface area (Å²) in [5.41, 5.74) is 6.10. The molecule has 0 aliphatic rings. The van der Waals surface area contributed by atoms with Crippen LogP contribution in [0.1, 0.15) is 13.8 Å². The Balaban J connectivity index is 2.40. The zero-order valence-corrected chi connectivity index (χ0v) is 11.8. The minimum atomic E-state index is -0.530. The molecule has 0 unspecified atom stereocenters. The third kappa shape index (κ3) is 2.13. The summed E-state index contributed by atoms with van der Waals surface area (Å²) in [5.74, 6) is 0.0496. The van der Waals surface area contributed by atoms with Gasteiger partial charge in [-0.05, 0) is 19.9 Å². The monoisotopic (exact) mass is 262 g/mol. The highest BCUT2D eigenvalue weighted by Gasteiger charge is 2.30. The van der Waals surface area contributed by atoms with Gasteiger partial charge in [0, 0.05) is 29.1 Å². The maximum atomic E-state index is 12.4. The van der Waals surface area contributed by atoms with Gasteiger partial charge in [-0.15, -0.1) is 11.3 Å². The molecule has 1 heterocycles. The van der Waals surface area contributed by atoms with Crippen LogP contribution in [0, 0.1) is 5.41 Å². The minimum Gasteiger partial charge on any atom is -0.329 e. The van der Waals surface area contributed by atoms with Crippen LogP contribution in [0.2, 0.25) is 0 Å². The van der Waals surface area contributed by atoms with E-state index in [1.807, 2.05) is 44.5 Å². The molecular weight excluding hydrogens is 244 g/mol. The lowest BCUT2D eigenvalue weighted by molar-refractivity contribution is -0.125. The van der Waals surface area contributed by atoms with Gasteiger partial charge in [-0.1, -0.05) is 18.2 Å². The molecule has 4 heteroatoms. The van der Waals surface area contributed by atoms with Crippen molar-refractivity contribution in [3.8, 4) is 0 Å². The first kappa shape index (κ1) is 13.1. The van der Waals surface area contributed by atoms with E-state index < -0.39 is 5.41 Å². The van der Waals surface area contributed by atoms with E-state index in [-0.39, 0.29) is 5.91 Å². The molecule has 0 fully saturated rings. The van der Waals surface area contributed by atoms with Gasteiger partial charge in [0.2, 0.25) is 5.91 Å². The van der Waals surface area contributed by atoms with Crippen LogP contribution in [0.4, 0.5) is 5.69 Å². The molecule has 2 N–H and O–H groups in total. The summed E-state index contributed by atoms with van der Waals surface area (Å²) in [6.45, 7) is 4.10. The van der Waals surface area contributed by atoms with Crippen LogP contribution in [-0.2, 0) is 4.79 Å². The van der Waals surface area contributed by atoms with Crippen molar-refractivity contribution in [2.75, 3.05) is 18.5 Å². The summed E-state index contributed by atoms with van der Waals surface area (Å²) in [6.07, 6.45) is 0. The molecule has 96 valence electrons. The van der Waals surface area contributed by atoms with Crippen molar-refractivity contribution in [2.24, 2.45) is 11.1 Å². The van der Waals surface area contributed by atoms with E-state index >= 15 is 0 Å². The Morgan fingerprint density at radius 2 is 2.06 bits per heavy atom. The van der Waals surface area contributed by atoms with Crippen LogP contribution in [0.15, 0.2) is 29.6 Å². The highest BCUT2D eigenvalue weighted by atomic mass is 32.1. The van der Waals surface area contributed by atoms with E-state index in [0.29, 0.717) is 6.54 Å². The molecule has 0 bridgehead atoms. The third-order valence-electron chi connectivity index (χ3n) is 3.22. The van der Waals surface area contributed by atoms with E-state index in [4.69, 9.17) is 5.73 Å². The fourth-order valence-electron chi connectivity index (χ4n) is 1.87. The standard InChI is InChI=1S/C14H18N2OS/c1-14(2,9-15)13(17)16(3)11-8-18-12-7-5-4-6-10(11)12/h4-8H,9,15H2,1-3H3. The number of benzene rings is 1. The number of amides is 1. The molecule has 0 atom stereocenters. The summed E-state index contributed by atoms with van der Waals surface area (Å²) < 4.78 is 1.19. The number of hydrogen-bond acceptors (Lipinski definition) is 3. The molecule has 0 radical (unpaired) electrons. The Morgan fingerprint density at radius 1 is 1.39 bits per heavy atom. The summed E-state index contributed by atoms with van der Waals surface area (Å²) >= 11 is 1.65. The zero-order valence-electron chi connectivity index (χ0n) is 10.9. The number of anilines is 1. The number of rotatable bonds is 3. The van der Waals surface area contributed by atoms with Gasteiger partial charge >= 0.3 is 0 Å². The lowest BCUT2D eigenvalue weighted by Crippen LogP contribution is -2.42. The largest absolute Gasteiger partial charge is 0.329 e. The number of carbonyl (C=O) groups excluding carboxylic acids is 1. The summed E-state index contributed by atoms with van der Waals surface area (Å²) in [5, 5.41) is 3.14. The Hall–Kier alpha value is -1.39. The van der Waals surface area contributed by atoms with E-state index in [1.54, 1.807) is 16.2 Å². The molecule has 0 saturated heterocycles. The number of fused-ring (bicyclic) bond motifs is 1. The Bertz CT molecular complexity index is 574. The summed E-state index contributed by atoms with van der Waals surface area (Å²) in [7, 11) is 1.81. The van der Waals surface area contributed by atoms with Crippen LogP contribution in [0.3, 0.4) is 0 Å². The topological polar surface area (TPSA) is 46.3 Å². The predicted octanol–water partition coefficient (Wildman–Crippen LogP) is 2.85. The molecule has 2 aromatic rings. The van der Waals surface area contributed by atoms with Crippen molar-refractivity contribution >= 4 is 33.0 Å². The van der Waals surface area contributed by atoms with E-state index in [2.05, 4.69) is 6.07 Å². The highest BCUT2D eigenvalue weighted by molar-refractivity contribution is 7.17. The summed E-state index contributed by atoms with van der Waals surface area (Å²) in [4.78, 5) is 14.1. The van der Waals surface area contributed by atoms with Crippen LogP contribution in [-0.4, -0.2) is 19.5 Å². The lowest BCUT2D eigenvalue weighted by Gasteiger charge is -2.27. The number of nitrogens with zero attached hydrogens (tertiary/aromatic N) is 1. The lowest BCUT2D eigenvalue weighted by atomic mass is 9.92. The van der Waals surface area contributed by atoms with Crippen molar-refractivity contribution in [2.45, 2.75) is 13.8 Å². The Labute approximate surface area is 111 Å². The smallest absolute Gasteiger partial charge is 0.233 e. The average Bonchev–Trinajstić information content (AvgIpc) is 2.80. The molecule has 2 rings (SSSR count). The Morgan fingerprint density at radius 3 is 2.72 bits per heavy atom. The minimum absolute atomic E-state index is 0.0496. The zero-order chi connectivity index (χ0) is 13.3. The van der Waals surface area contributed by atoms with E-state index in [1.165, 1.54) is 4.70 Å². The maximum Gasteiger partial charge on any atom is 0.233 e. The molecular formula is C14H18N2OS. The van der Waals surface area contributed by atoms with Crippen LogP contribution in [0.25, 0.3) is 10.1 Å². The molecule has 0 aliphatic carbocycles. The van der Waals surface area contributed by atoms with Gasteiger partial charge < -0.3 is 10.6 Å². The van der Waals surface area contributed by atoms with Crippen molar-refractivity contribution in [1.29, 1.82) is 0 Å². The fourth-order valence-corrected chi connectivity index (χ4v) is 2.85. The van der Waals surface area contributed by atoms with Crippen LogP contribution >= 0.6 is 11.3 Å². The SMILES string of the molecule is CN(C(=O)C(C)(C)CN)c1csc2ccccc12. The van der Waals surface area contributed by atoms with Crippen molar-refractivity contribution < 1.29 is 4.79 Å². The second kappa shape index (κ2) is 4.71. The molecule has 18 heavy (non-hydrogen) atoms. The van der Waals surface area contributed by atoms with E-state index in [0.717, 1.165) is 11.1 Å². The van der Waals surface area contributed by atoms with Crippen molar-refractivity contribution in [3.05, 3.63) is 29.6 Å². The maximum absolute atomic E-state index is 12.4. The number of thiophene rings is 1. The predicted molar refractivity (Wildman–Crippen MR) is 78.1 cm³/mol. The van der Waals surface area contributed by atoms with Crippen molar-refractivity contribution in [3.63, 3.8) is 0 Å². The fraction of sp³-hybridized carbons (Fsp3) is 0.357. The summed E-state index contributed by atoms with van der Waals surface area (Å²) in [6, 6.07) is 8.11. The molecule has 0 aliphatic heterocycles. The molecule has 1 aromatic carbocycles. The molecule has 1 aromatic heterocycles. The number of carbonyl (C=O) groups is 1. The van der Waals surface area contributed by atoms with Gasteiger partial charge in [-0.3, -0.25) is 4.79 Å². The van der Waals surface area contributed by atoms with Gasteiger partial charge in [0.1, 0.15) is 0 Å². The first-order valence-corrected chi connectivity index (χ1v) is 6.80. The van der Waals surface area contributed by atoms with Crippen LogP contribution < -0.4 is 10.6 Å². The number of nitrogens with two attached hydrogens (primary N) is 1. The van der Waals surface area contributed by atoms with Crippen LogP contribution in [0.5, 0.6) is 0 Å². The van der Waals surface area contributed by atoms with Crippen molar-refractivity contribution in [1.82, 2.24) is 0 Å².